The molecule has 14 heavy (non-hydrogen) atoms. The summed E-state index contributed by atoms with van der Waals surface area (Å²) in [7, 11) is 1.50. The third kappa shape index (κ3) is 3.06. The quantitative estimate of drug-likeness (QED) is 0.701. The Morgan fingerprint density at radius 3 is 2.36 bits per heavy atom. The fraction of sp³-hybridized carbons (Fsp3) is 1.00. The SMILES string of the molecule is C[C@H](C[S@@](C)=O)N(C)[C@@H](C)C1CCC1. The molecule has 0 saturated heterocycles. The summed E-state index contributed by atoms with van der Waals surface area (Å²) in [6.45, 7) is 4.48. The zero-order valence-corrected chi connectivity index (χ0v) is 10.6. The number of rotatable bonds is 5. The fourth-order valence-electron chi connectivity index (χ4n) is 2.11. The highest BCUT2D eigenvalue weighted by Crippen LogP contribution is 2.32. The summed E-state index contributed by atoms with van der Waals surface area (Å²) in [5.74, 6) is 1.68. The van der Waals surface area contributed by atoms with Crippen LogP contribution >= 0.6 is 0 Å². The van der Waals surface area contributed by atoms with Gasteiger partial charge in [-0.3, -0.25) is 9.11 Å². The lowest BCUT2D eigenvalue weighted by molar-refractivity contribution is 0.108. The summed E-state index contributed by atoms with van der Waals surface area (Å²) in [5, 5.41) is 0. The van der Waals surface area contributed by atoms with Crippen molar-refractivity contribution in [2.75, 3.05) is 19.1 Å². The van der Waals surface area contributed by atoms with Gasteiger partial charge in [-0.05, 0) is 39.7 Å². The summed E-state index contributed by atoms with van der Waals surface area (Å²) in [6.07, 6.45) is 5.95. The standard InChI is InChI=1S/C11H23NOS/c1-9(8-14(4)13)12(3)10(2)11-6-5-7-11/h9-11H,5-8H2,1-4H3/t9-,10+,14-/m1/s1. The first-order chi connectivity index (χ1) is 6.52. The van der Waals surface area contributed by atoms with Gasteiger partial charge < -0.3 is 0 Å². The lowest BCUT2D eigenvalue weighted by Crippen LogP contribution is -2.45. The predicted octanol–water partition coefficient (Wildman–Crippen LogP) is 1.87. The van der Waals surface area contributed by atoms with Crippen molar-refractivity contribution in [1.82, 2.24) is 4.90 Å². The average molecular weight is 217 g/mol. The molecule has 0 spiro atoms. The number of nitrogens with zero attached hydrogens (tertiary/aromatic N) is 1. The second-order valence-electron chi connectivity index (χ2n) is 4.69. The molecule has 0 bridgehead atoms. The van der Waals surface area contributed by atoms with E-state index in [-0.39, 0.29) is 0 Å². The molecule has 1 aliphatic carbocycles. The summed E-state index contributed by atoms with van der Waals surface area (Å²) in [5.41, 5.74) is 0. The Balaban J connectivity index is 2.37. The molecule has 0 radical (unpaired) electrons. The van der Waals surface area contributed by atoms with Crippen LogP contribution in [0.15, 0.2) is 0 Å². The van der Waals surface area contributed by atoms with Crippen molar-refractivity contribution in [3.8, 4) is 0 Å². The Morgan fingerprint density at radius 1 is 1.43 bits per heavy atom. The normalized spacial score (nSPS) is 24.4. The van der Waals surface area contributed by atoms with E-state index in [1.54, 1.807) is 6.26 Å². The van der Waals surface area contributed by atoms with Gasteiger partial charge >= 0.3 is 0 Å². The van der Waals surface area contributed by atoms with Crippen LogP contribution in [-0.4, -0.2) is 40.2 Å². The molecule has 0 N–H and O–H groups in total. The van der Waals surface area contributed by atoms with Gasteiger partial charge in [-0.2, -0.15) is 0 Å². The first-order valence-electron chi connectivity index (χ1n) is 5.54. The highest BCUT2D eigenvalue weighted by molar-refractivity contribution is 7.84. The van der Waals surface area contributed by atoms with E-state index in [1.165, 1.54) is 19.3 Å². The molecule has 2 nitrogen and oxygen atoms in total. The molecule has 1 rings (SSSR count). The zero-order chi connectivity index (χ0) is 10.7. The molecule has 84 valence electrons. The van der Waals surface area contributed by atoms with Gasteiger partial charge in [-0.25, -0.2) is 0 Å². The second kappa shape index (κ2) is 5.26. The largest absolute Gasteiger partial charge is 0.300 e. The average Bonchev–Trinajstić information content (AvgIpc) is 1.98. The van der Waals surface area contributed by atoms with Crippen LogP contribution in [0.3, 0.4) is 0 Å². The molecule has 0 unspecified atom stereocenters. The minimum Gasteiger partial charge on any atom is -0.300 e. The highest BCUT2D eigenvalue weighted by atomic mass is 32.2. The van der Waals surface area contributed by atoms with Gasteiger partial charge in [-0.1, -0.05) is 6.42 Å². The van der Waals surface area contributed by atoms with Crippen LogP contribution in [0.2, 0.25) is 0 Å². The van der Waals surface area contributed by atoms with Crippen molar-refractivity contribution >= 4 is 10.8 Å². The first kappa shape index (κ1) is 12.2. The van der Waals surface area contributed by atoms with Crippen molar-refractivity contribution in [3.63, 3.8) is 0 Å². The minimum atomic E-state index is -0.672. The van der Waals surface area contributed by atoms with Crippen LogP contribution < -0.4 is 0 Å². The van der Waals surface area contributed by atoms with Gasteiger partial charge in [0, 0.05) is 34.9 Å². The van der Waals surface area contributed by atoms with Crippen molar-refractivity contribution in [3.05, 3.63) is 0 Å². The van der Waals surface area contributed by atoms with Gasteiger partial charge in [0.2, 0.25) is 0 Å². The van der Waals surface area contributed by atoms with Gasteiger partial charge in [0.25, 0.3) is 0 Å². The molecule has 0 aromatic carbocycles. The Labute approximate surface area is 90.5 Å². The molecule has 0 aromatic rings. The zero-order valence-electron chi connectivity index (χ0n) is 9.82. The van der Waals surface area contributed by atoms with E-state index >= 15 is 0 Å². The van der Waals surface area contributed by atoms with Crippen molar-refractivity contribution < 1.29 is 4.21 Å². The number of hydrogen-bond acceptors (Lipinski definition) is 2. The number of hydrogen-bond donors (Lipinski definition) is 0. The van der Waals surface area contributed by atoms with Crippen LogP contribution in [0.4, 0.5) is 0 Å². The molecule has 3 heteroatoms. The Hall–Kier alpha value is 0.110. The lowest BCUT2D eigenvalue weighted by Gasteiger charge is -2.40. The van der Waals surface area contributed by atoms with Crippen molar-refractivity contribution in [2.45, 2.75) is 45.2 Å². The summed E-state index contributed by atoms with van der Waals surface area (Å²) < 4.78 is 11.1. The Morgan fingerprint density at radius 2 is 2.00 bits per heavy atom. The Kier molecular flexibility index (Phi) is 4.58. The lowest BCUT2D eigenvalue weighted by atomic mass is 9.79. The maximum Gasteiger partial charge on any atom is 0.0385 e. The summed E-state index contributed by atoms with van der Waals surface area (Å²) >= 11 is 0. The van der Waals surface area contributed by atoms with Gasteiger partial charge in [-0.15, -0.1) is 0 Å². The topological polar surface area (TPSA) is 20.3 Å². The molecule has 0 aromatic heterocycles. The second-order valence-corrected chi connectivity index (χ2v) is 6.17. The molecule has 1 saturated carbocycles. The minimum absolute atomic E-state index is 0.441. The van der Waals surface area contributed by atoms with E-state index in [4.69, 9.17) is 0 Å². The van der Waals surface area contributed by atoms with E-state index < -0.39 is 10.8 Å². The van der Waals surface area contributed by atoms with Gasteiger partial charge in [0.15, 0.2) is 0 Å². The van der Waals surface area contributed by atoms with Crippen molar-refractivity contribution in [2.24, 2.45) is 5.92 Å². The van der Waals surface area contributed by atoms with Crippen LogP contribution in [0.1, 0.15) is 33.1 Å². The van der Waals surface area contributed by atoms with Crippen LogP contribution in [0, 0.1) is 5.92 Å². The fourth-order valence-corrected chi connectivity index (χ4v) is 3.03. The maximum atomic E-state index is 11.1. The van der Waals surface area contributed by atoms with Crippen LogP contribution in [-0.2, 0) is 10.8 Å². The maximum absolute atomic E-state index is 11.1. The monoisotopic (exact) mass is 217 g/mol. The van der Waals surface area contributed by atoms with Gasteiger partial charge in [0.1, 0.15) is 0 Å². The third-order valence-electron chi connectivity index (χ3n) is 3.65. The van der Waals surface area contributed by atoms with Crippen LogP contribution in [0.25, 0.3) is 0 Å². The molecular formula is C11H23NOS. The molecule has 0 heterocycles. The highest BCUT2D eigenvalue weighted by Gasteiger charge is 2.28. The van der Waals surface area contributed by atoms with E-state index in [2.05, 4.69) is 25.8 Å². The smallest absolute Gasteiger partial charge is 0.0385 e. The van der Waals surface area contributed by atoms with E-state index in [9.17, 15) is 4.21 Å². The molecule has 1 fully saturated rings. The Bertz CT molecular complexity index is 203. The molecule has 3 atom stereocenters. The molecular weight excluding hydrogens is 194 g/mol. The molecule has 0 aliphatic heterocycles. The first-order valence-corrected chi connectivity index (χ1v) is 7.27. The van der Waals surface area contributed by atoms with Gasteiger partial charge in [0.05, 0.1) is 0 Å². The van der Waals surface area contributed by atoms with Crippen LogP contribution in [0.5, 0.6) is 0 Å². The predicted molar refractivity (Wildman–Crippen MR) is 63.0 cm³/mol. The van der Waals surface area contributed by atoms with Crippen molar-refractivity contribution in [1.29, 1.82) is 0 Å². The molecule has 0 amide bonds. The van der Waals surface area contributed by atoms with E-state index in [1.807, 2.05) is 0 Å². The summed E-state index contributed by atoms with van der Waals surface area (Å²) in [4.78, 5) is 2.39. The molecule has 1 aliphatic rings. The van der Waals surface area contributed by atoms with E-state index in [0.29, 0.717) is 12.1 Å². The third-order valence-corrected chi connectivity index (χ3v) is 4.60. The summed E-state index contributed by atoms with van der Waals surface area (Å²) in [6, 6.07) is 1.10. The van der Waals surface area contributed by atoms with E-state index in [0.717, 1.165) is 11.7 Å².